The number of ether oxygens (including phenoxy) is 1. The van der Waals surface area contributed by atoms with E-state index >= 15 is 0 Å². The molecule has 36 heavy (non-hydrogen) atoms. The number of hydrogen-bond acceptors (Lipinski definition) is 5. The maximum absolute atomic E-state index is 13.9. The molecule has 188 valence electrons. The van der Waals surface area contributed by atoms with Crippen LogP contribution in [0.5, 0.6) is 5.75 Å². The number of hydrogen-bond donors (Lipinski definition) is 2. The number of alkyl halides is 3. The molecule has 1 amide bonds. The van der Waals surface area contributed by atoms with Crippen molar-refractivity contribution in [2.75, 3.05) is 12.4 Å². The molecule has 1 aliphatic carbocycles. The fourth-order valence-corrected chi connectivity index (χ4v) is 4.48. The number of ketones is 1. The second-order valence-electron chi connectivity index (χ2n) is 8.40. The highest BCUT2D eigenvalue weighted by molar-refractivity contribution is 6.46. The van der Waals surface area contributed by atoms with E-state index in [-0.39, 0.29) is 12.1 Å². The van der Waals surface area contributed by atoms with E-state index in [4.69, 9.17) is 10.1 Å². The summed E-state index contributed by atoms with van der Waals surface area (Å²) in [5.41, 5.74) is -2.98. The van der Waals surface area contributed by atoms with E-state index in [0.717, 1.165) is 11.7 Å². The van der Waals surface area contributed by atoms with E-state index in [1.165, 1.54) is 19.2 Å². The van der Waals surface area contributed by atoms with Crippen molar-refractivity contribution in [1.82, 2.24) is 9.36 Å². The summed E-state index contributed by atoms with van der Waals surface area (Å²) in [6, 6.07) is 12.5. The molecule has 11 heteroatoms. The van der Waals surface area contributed by atoms with E-state index in [1.807, 2.05) is 5.32 Å². The van der Waals surface area contributed by atoms with Crippen molar-refractivity contribution in [2.24, 2.45) is 13.0 Å². The quantitative estimate of drug-likeness (QED) is 0.408. The van der Waals surface area contributed by atoms with Gasteiger partial charge in [0.05, 0.1) is 18.7 Å². The van der Waals surface area contributed by atoms with Crippen molar-refractivity contribution >= 4 is 23.1 Å². The van der Waals surface area contributed by atoms with Crippen LogP contribution in [0.25, 0.3) is 5.69 Å². The second kappa shape index (κ2) is 9.48. The van der Waals surface area contributed by atoms with Crippen LogP contribution in [0.15, 0.2) is 53.3 Å². The first-order valence-electron chi connectivity index (χ1n) is 11.1. The van der Waals surface area contributed by atoms with Crippen molar-refractivity contribution in [3.8, 4) is 11.4 Å². The summed E-state index contributed by atoms with van der Waals surface area (Å²) in [6.07, 6.45) is -3.82. The minimum absolute atomic E-state index is 0.164. The summed E-state index contributed by atoms with van der Waals surface area (Å²) in [6.45, 7) is 0. The lowest BCUT2D eigenvalue weighted by Crippen LogP contribution is -2.35. The highest BCUT2D eigenvalue weighted by Gasteiger charge is 2.42. The third-order valence-electron chi connectivity index (χ3n) is 6.20. The molecular formula is C25H23F3N4O4. The van der Waals surface area contributed by atoms with Crippen LogP contribution in [0, 0.1) is 11.3 Å². The summed E-state index contributed by atoms with van der Waals surface area (Å²) in [5, 5.41) is 10.3. The molecule has 0 bridgehead atoms. The molecule has 0 aliphatic heterocycles. The SMILES string of the molecule is COc1ccc2c(c1)CCCC(C(=N)C(=O)Nc1c(C(F)(F)F)n(C)n(-c3ccccc3)c1=O)C2=O. The molecule has 1 atom stereocenters. The standard InChI is InChI=1S/C25H23F3N4O4/c1-31-22(25(26,27)28)20(24(35)32(31)15-8-4-3-5-9-15)30-23(34)19(29)18-10-6-7-14-13-16(36-2)11-12-17(14)21(18)33/h3-5,8-9,11-13,18,29H,6-7,10H2,1-2H3,(H,30,34). The molecule has 2 aromatic carbocycles. The Morgan fingerprint density at radius 3 is 2.47 bits per heavy atom. The van der Waals surface area contributed by atoms with Gasteiger partial charge in [-0.15, -0.1) is 0 Å². The third kappa shape index (κ3) is 4.43. The van der Waals surface area contributed by atoms with E-state index < -0.39 is 46.4 Å². The number of fused-ring (bicyclic) bond motifs is 1. The average Bonchev–Trinajstić information content (AvgIpc) is 2.99. The van der Waals surface area contributed by atoms with Crippen molar-refractivity contribution in [2.45, 2.75) is 25.4 Å². The first-order chi connectivity index (χ1) is 17.0. The number of amides is 1. The lowest BCUT2D eigenvalue weighted by Gasteiger charge is -2.16. The Kier molecular flexibility index (Phi) is 6.57. The normalized spacial score (nSPS) is 15.7. The van der Waals surface area contributed by atoms with Crippen LogP contribution in [-0.2, 0) is 24.4 Å². The van der Waals surface area contributed by atoms with Gasteiger partial charge < -0.3 is 10.1 Å². The molecule has 0 spiro atoms. The molecule has 0 saturated heterocycles. The van der Waals surface area contributed by atoms with Crippen LogP contribution < -0.4 is 15.6 Å². The van der Waals surface area contributed by atoms with Gasteiger partial charge in [0.25, 0.3) is 11.5 Å². The molecule has 2 N–H and O–H groups in total. The van der Waals surface area contributed by atoms with Crippen LogP contribution in [-0.4, -0.2) is 33.9 Å². The minimum atomic E-state index is -4.98. The number of methoxy groups -OCH3 is 1. The molecular weight excluding hydrogens is 477 g/mol. The third-order valence-corrected chi connectivity index (χ3v) is 6.20. The number of benzene rings is 2. The number of aryl methyl sites for hydroxylation is 1. The van der Waals surface area contributed by atoms with Gasteiger partial charge >= 0.3 is 6.18 Å². The predicted octanol–water partition coefficient (Wildman–Crippen LogP) is 4.00. The molecule has 4 rings (SSSR count). The number of rotatable bonds is 5. The summed E-state index contributed by atoms with van der Waals surface area (Å²) in [4.78, 5) is 39.1. The first-order valence-corrected chi connectivity index (χ1v) is 11.1. The van der Waals surface area contributed by atoms with Crippen LogP contribution in [0.3, 0.4) is 0 Å². The Balaban J connectivity index is 1.68. The molecule has 8 nitrogen and oxygen atoms in total. The van der Waals surface area contributed by atoms with Crippen molar-refractivity contribution < 1.29 is 27.5 Å². The number of halogens is 3. The second-order valence-corrected chi connectivity index (χ2v) is 8.40. The number of aromatic nitrogens is 2. The number of nitrogens with one attached hydrogen (secondary N) is 2. The molecule has 1 unspecified atom stereocenters. The van der Waals surface area contributed by atoms with Gasteiger partial charge in [0.2, 0.25) is 0 Å². The van der Waals surface area contributed by atoms with Gasteiger partial charge in [-0.25, -0.2) is 4.68 Å². The zero-order valence-corrected chi connectivity index (χ0v) is 19.5. The molecule has 0 fully saturated rings. The van der Waals surface area contributed by atoms with Crippen LogP contribution in [0.2, 0.25) is 0 Å². The van der Waals surface area contributed by atoms with Gasteiger partial charge in [0.15, 0.2) is 11.5 Å². The zero-order chi connectivity index (χ0) is 26.2. The van der Waals surface area contributed by atoms with Crippen molar-refractivity contribution in [1.29, 1.82) is 5.41 Å². The number of para-hydroxylation sites is 1. The Bertz CT molecular complexity index is 1410. The fraction of sp³-hybridized carbons (Fsp3) is 0.280. The monoisotopic (exact) mass is 500 g/mol. The van der Waals surface area contributed by atoms with E-state index in [0.29, 0.717) is 34.4 Å². The largest absolute Gasteiger partial charge is 0.497 e. The smallest absolute Gasteiger partial charge is 0.435 e. The van der Waals surface area contributed by atoms with Gasteiger partial charge in [0, 0.05) is 12.6 Å². The Hall–Kier alpha value is -4.15. The number of carbonyl (C=O) groups is 2. The van der Waals surface area contributed by atoms with E-state index in [1.54, 1.807) is 36.4 Å². The zero-order valence-electron chi connectivity index (χ0n) is 19.5. The minimum Gasteiger partial charge on any atom is -0.497 e. The fourth-order valence-electron chi connectivity index (χ4n) is 4.48. The molecule has 0 saturated carbocycles. The van der Waals surface area contributed by atoms with Gasteiger partial charge in [-0.3, -0.25) is 24.5 Å². The molecule has 1 heterocycles. The summed E-state index contributed by atoms with van der Waals surface area (Å²) >= 11 is 0. The van der Waals surface area contributed by atoms with Crippen molar-refractivity contribution in [3.63, 3.8) is 0 Å². The number of nitrogens with zero attached hydrogens (tertiary/aromatic N) is 2. The van der Waals surface area contributed by atoms with Gasteiger partial charge in [-0.05, 0) is 55.2 Å². The number of Topliss-reactive ketones (excluding diaryl/α,β-unsaturated/α-hetero) is 1. The van der Waals surface area contributed by atoms with Crippen LogP contribution in [0.1, 0.15) is 34.5 Å². The van der Waals surface area contributed by atoms with Gasteiger partial charge in [0.1, 0.15) is 17.1 Å². The molecule has 0 radical (unpaired) electrons. The Morgan fingerprint density at radius 1 is 1.14 bits per heavy atom. The Labute approximate surface area is 203 Å². The lowest BCUT2D eigenvalue weighted by molar-refractivity contribution is -0.143. The summed E-state index contributed by atoms with van der Waals surface area (Å²) in [5.74, 6) is -2.31. The number of carbonyl (C=O) groups excluding carboxylic acids is 2. The maximum atomic E-state index is 13.9. The van der Waals surface area contributed by atoms with Crippen molar-refractivity contribution in [3.05, 3.63) is 75.7 Å². The van der Waals surface area contributed by atoms with E-state index in [2.05, 4.69) is 0 Å². The predicted molar refractivity (Wildman–Crippen MR) is 126 cm³/mol. The summed E-state index contributed by atoms with van der Waals surface area (Å²) in [7, 11) is 2.55. The van der Waals surface area contributed by atoms with E-state index in [9.17, 15) is 27.6 Å². The summed E-state index contributed by atoms with van der Waals surface area (Å²) < 4.78 is 48.3. The molecule has 1 aliphatic rings. The molecule has 1 aromatic heterocycles. The maximum Gasteiger partial charge on any atom is 0.435 e. The van der Waals surface area contributed by atoms with Gasteiger partial charge in [-0.1, -0.05) is 18.2 Å². The average molecular weight is 500 g/mol. The highest BCUT2D eigenvalue weighted by Crippen LogP contribution is 2.34. The van der Waals surface area contributed by atoms with Crippen LogP contribution in [0.4, 0.5) is 18.9 Å². The topological polar surface area (TPSA) is 106 Å². The van der Waals surface area contributed by atoms with Gasteiger partial charge in [-0.2, -0.15) is 13.2 Å². The first kappa shape index (κ1) is 25.0. The number of anilines is 1. The lowest BCUT2D eigenvalue weighted by atomic mass is 9.90. The molecule has 3 aromatic rings. The van der Waals surface area contributed by atoms with Crippen LogP contribution >= 0.6 is 0 Å². The highest BCUT2D eigenvalue weighted by atomic mass is 19.4. The Morgan fingerprint density at radius 2 is 1.83 bits per heavy atom.